The normalized spacial score (nSPS) is 29.5. The Hall–Kier alpha value is -0.530. The van der Waals surface area contributed by atoms with Crippen LogP contribution in [0.25, 0.3) is 0 Å². The molecule has 0 N–H and O–H groups in total. The minimum absolute atomic E-state index is 0.0218. The van der Waals surface area contributed by atoms with E-state index in [1.165, 1.54) is 19.3 Å². The summed E-state index contributed by atoms with van der Waals surface area (Å²) in [4.78, 5) is 10.7. The van der Waals surface area contributed by atoms with Gasteiger partial charge in [-0.15, -0.1) is 0 Å². The molecule has 2 heteroatoms. The number of hydrogen-bond acceptors (Lipinski definition) is 2. The summed E-state index contributed by atoms with van der Waals surface area (Å²) in [5.41, 5.74) is 0. The van der Waals surface area contributed by atoms with Crippen molar-refractivity contribution in [2.75, 3.05) is 0 Å². The van der Waals surface area contributed by atoms with E-state index in [1.807, 2.05) is 6.92 Å². The molecule has 64 valence electrons. The summed E-state index contributed by atoms with van der Waals surface area (Å²) in [5, 5.41) is 0. The Labute approximate surface area is 67.9 Å². The van der Waals surface area contributed by atoms with Gasteiger partial charge in [-0.1, -0.05) is 19.8 Å². The maximum atomic E-state index is 10.7. The van der Waals surface area contributed by atoms with E-state index in [9.17, 15) is 4.79 Å². The zero-order chi connectivity index (χ0) is 8.27. The van der Waals surface area contributed by atoms with Gasteiger partial charge in [-0.2, -0.15) is 0 Å². The molecule has 1 rings (SSSR count). The van der Waals surface area contributed by atoms with Crippen molar-refractivity contribution in [2.45, 2.75) is 45.6 Å². The smallest absolute Gasteiger partial charge is 0.312 e. The molecule has 1 heterocycles. The van der Waals surface area contributed by atoms with Crippen molar-refractivity contribution in [3.63, 3.8) is 0 Å². The van der Waals surface area contributed by atoms with Gasteiger partial charge in [0.15, 0.2) is 0 Å². The van der Waals surface area contributed by atoms with Crippen LogP contribution in [0.4, 0.5) is 0 Å². The summed E-state index contributed by atoms with van der Waals surface area (Å²) in [7, 11) is 0. The fraction of sp³-hybridized carbons (Fsp3) is 0.889. The molecule has 1 aliphatic heterocycles. The van der Waals surface area contributed by atoms with E-state index in [2.05, 4.69) is 6.92 Å². The second kappa shape index (κ2) is 3.74. The first kappa shape index (κ1) is 8.57. The first-order valence-electron chi connectivity index (χ1n) is 4.46. The van der Waals surface area contributed by atoms with Gasteiger partial charge in [0.05, 0.1) is 5.92 Å². The van der Waals surface area contributed by atoms with Crippen LogP contribution < -0.4 is 0 Å². The number of cyclic esters (lactones) is 1. The van der Waals surface area contributed by atoms with Crippen molar-refractivity contribution in [1.82, 2.24) is 0 Å². The van der Waals surface area contributed by atoms with Gasteiger partial charge in [0.2, 0.25) is 0 Å². The van der Waals surface area contributed by atoms with Crippen molar-refractivity contribution in [3.8, 4) is 0 Å². The molecule has 0 aromatic carbocycles. The lowest BCUT2D eigenvalue weighted by molar-refractivity contribution is -0.183. The molecule has 1 fully saturated rings. The van der Waals surface area contributed by atoms with E-state index in [0.717, 1.165) is 6.42 Å². The van der Waals surface area contributed by atoms with Gasteiger partial charge in [0.1, 0.15) is 6.10 Å². The molecule has 0 aromatic rings. The number of unbranched alkanes of at least 4 members (excludes halogenated alkanes) is 2. The van der Waals surface area contributed by atoms with Crippen molar-refractivity contribution in [2.24, 2.45) is 5.92 Å². The fourth-order valence-electron chi connectivity index (χ4n) is 1.34. The first-order valence-corrected chi connectivity index (χ1v) is 4.46. The second-order valence-corrected chi connectivity index (χ2v) is 3.26. The lowest BCUT2D eigenvalue weighted by Crippen LogP contribution is -2.42. The second-order valence-electron chi connectivity index (χ2n) is 3.26. The summed E-state index contributed by atoms with van der Waals surface area (Å²) >= 11 is 0. The molecule has 0 radical (unpaired) electrons. The number of carbonyl (C=O) groups excluding carboxylic acids is 1. The lowest BCUT2D eigenvalue weighted by Gasteiger charge is -2.32. The van der Waals surface area contributed by atoms with Crippen LogP contribution >= 0.6 is 0 Å². The van der Waals surface area contributed by atoms with Gasteiger partial charge < -0.3 is 4.74 Å². The van der Waals surface area contributed by atoms with Gasteiger partial charge in [-0.3, -0.25) is 4.79 Å². The standard InChI is InChI=1S/C9H16O2/c1-3-4-5-6-8-7(2)9(10)11-8/h7-8H,3-6H2,1-2H3/t7-,8-/m1/s1. The molecule has 2 nitrogen and oxygen atoms in total. The van der Waals surface area contributed by atoms with Crippen molar-refractivity contribution in [1.29, 1.82) is 0 Å². The zero-order valence-corrected chi connectivity index (χ0v) is 7.30. The molecule has 0 spiro atoms. The zero-order valence-electron chi connectivity index (χ0n) is 7.30. The highest BCUT2D eigenvalue weighted by atomic mass is 16.6. The van der Waals surface area contributed by atoms with Crippen LogP contribution in [0, 0.1) is 5.92 Å². The third-order valence-electron chi connectivity index (χ3n) is 2.29. The van der Waals surface area contributed by atoms with E-state index in [-0.39, 0.29) is 18.0 Å². The number of ether oxygens (including phenoxy) is 1. The van der Waals surface area contributed by atoms with Crippen LogP contribution in [0.5, 0.6) is 0 Å². The maximum absolute atomic E-state index is 10.7. The molecule has 2 atom stereocenters. The quantitative estimate of drug-likeness (QED) is 0.460. The molecule has 0 aromatic heterocycles. The van der Waals surface area contributed by atoms with Crippen molar-refractivity contribution >= 4 is 5.97 Å². The van der Waals surface area contributed by atoms with Crippen LogP contribution in [-0.4, -0.2) is 12.1 Å². The van der Waals surface area contributed by atoms with Gasteiger partial charge in [-0.05, 0) is 19.8 Å². The summed E-state index contributed by atoms with van der Waals surface area (Å²) in [6, 6.07) is 0. The Balaban J connectivity index is 2.05. The van der Waals surface area contributed by atoms with Crippen molar-refractivity contribution < 1.29 is 9.53 Å². The minimum atomic E-state index is -0.0218. The molecule has 0 aliphatic carbocycles. The highest BCUT2D eigenvalue weighted by Crippen LogP contribution is 2.25. The van der Waals surface area contributed by atoms with Gasteiger partial charge in [0.25, 0.3) is 0 Å². The third-order valence-corrected chi connectivity index (χ3v) is 2.29. The summed E-state index contributed by atoms with van der Waals surface area (Å²) in [5.74, 6) is 0.137. The fourth-order valence-corrected chi connectivity index (χ4v) is 1.34. The lowest BCUT2D eigenvalue weighted by atomic mass is 9.94. The summed E-state index contributed by atoms with van der Waals surface area (Å²) in [6.45, 7) is 4.12. The molecule has 1 aliphatic rings. The van der Waals surface area contributed by atoms with Crippen LogP contribution in [0.15, 0.2) is 0 Å². The summed E-state index contributed by atoms with van der Waals surface area (Å²) < 4.78 is 4.96. The van der Waals surface area contributed by atoms with Crippen LogP contribution in [0.1, 0.15) is 39.5 Å². The molecular formula is C9H16O2. The largest absolute Gasteiger partial charge is 0.461 e. The van der Waals surface area contributed by atoms with Gasteiger partial charge >= 0.3 is 5.97 Å². The Kier molecular flexibility index (Phi) is 2.92. The Morgan fingerprint density at radius 2 is 2.18 bits per heavy atom. The van der Waals surface area contributed by atoms with Gasteiger partial charge in [0, 0.05) is 0 Å². The number of carbonyl (C=O) groups is 1. The van der Waals surface area contributed by atoms with E-state index in [4.69, 9.17) is 4.74 Å². The Morgan fingerprint density at radius 1 is 1.45 bits per heavy atom. The molecule has 1 saturated heterocycles. The molecular weight excluding hydrogens is 140 g/mol. The predicted molar refractivity (Wildman–Crippen MR) is 43.2 cm³/mol. The molecule has 0 saturated carbocycles. The molecule has 0 unspecified atom stereocenters. The van der Waals surface area contributed by atoms with Crippen molar-refractivity contribution in [3.05, 3.63) is 0 Å². The average Bonchev–Trinajstić information content (AvgIpc) is 2.03. The van der Waals surface area contributed by atoms with Gasteiger partial charge in [-0.25, -0.2) is 0 Å². The SMILES string of the molecule is CCCCC[C@H]1OC(=O)[C@@H]1C. The number of hydrogen-bond donors (Lipinski definition) is 0. The number of rotatable bonds is 4. The Morgan fingerprint density at radius 3 is 2.64 bits per heavy atom. The van der Waals surface area contributed by atoms with Crippen LogP contribution in [-0.2, 0) is 9.53 Å². The molecule has 0 amide bonds. The van der Waals surface area contributed by atoms with E-state index in [0.29, 0.717) is 0 Å². The molecule has 11 heavy (non-hydrogen) atoms. The topological polar surface area (TPSA) is 26.3 Å². The average molecular weight is 156 g/mol. The third kappa shape index (κ3) is 1.95. The minimum Gasteiger partial charge on any atom is -0.461 e. The predicted octanol–water partition coefficient (Wildman–Crippen LogP) is 2.13. The van der Waals surface area contributed by atoms with E-state index < -0.39 is 0 Å². The highest BCUT2D eigenvalue weighted by Gasteiger charge is 2.37. The van der Waals surface area contributed by atoms with E-state index >= 15 is 0 Å². The molecule has 0 bridgehead atoms. The monoisotopic (exact) mass is 156 g/mol. The first-order chi connectivity index (χ1) is 5.25. The highest BCUT2D eigenvalue weighted by molar-refractivity contribution is 5.77. The number of esters is 1. The summed E-state index contributed by atoms with van der Waals surface area (Å²) in [6.07, 6.45) is 4.96. The van der Waals surface area contributed by atoms with Crippen LogP contribution in [0.2, 0.25) is 0 Å². The maximum Gasteiger partial charge on any atom is 0.312 e. The Bertz CT molecular complexity index is 142. The van der Waals surface area contributed by atoms with Crippen LogP contribution in [0.3, 0.4) is 0 Å². The van der Waals surface area contributed by atoms with E-state index in [1.54, 1.807) is 0 Å².